The Morgan fingerprint density at radius 3 is 2.35 bits per heavy atom. The number of aromatic carboxylic acids is 1. The molecule has 3 N–H and O–H groups in total. The molecular weight excluding hydrogens is 332 g/mol. The van der Waals surface area contributed by atoms with Crippen molar-refractivity contribution in [2.24, 2.45) is 5.92 Å². The SMILES string of the molecule is Cc1ccc(NC(=O)C2CC2)cc1NC(=O)Cc1ccc(C(=O)O)cc1. The summed E-state index contributed by atoms with van der Waals surface area (Å²) in [6.45, 7) is 1.88. The topological polar surface area (TPSA) is 95.5 Å². The molecule has 134 valence electrons. The molecule has 3 rings (SSSR count). The van der Waals surface area contributed by atoms with E-state index in [0.29, 0.717) is 11.4 Å². The number of hydrogen-bond donors (Lipinski definition) is 3. The molecule has 1 fully saturated rings. The summed E-state index contributed by atoms with van der Waals surface area (Å²) in [5.41, 5.74) is 3.11. The molecule has 26 heavy (non-hydrogen) atoms. The van der Waals surface area contributed by atoms with E-state index in [-0.39, 0.29) is 29.7 Å². The van der Waals surface area contributed by atoms with E-state index in [1.54, 1.807) is 18.2 Å². The molecule has 0 spiro atoms. The minimum absolute atomic E-state index is 0.0182. The third-order valence-electron chi connectivity index (χ3n) is 4.29. The van der Waals surface area contributed by atoms with Gasteiger partial charge < -0.3 is 15.7 Å². The molecule has 0 aliphatic heterocycles. The van der Waals surface area contributed by atoms with E-state index in [1.165, 1.54) is 12.1 Å². The number of hydrogen-bond acceptors (Lipinski definition) is 3. The van der Waals surface area contributed by atoms with Crippen LogP contribution >= 0.6 is 0 Å². The van der Waals surface area contributed by atoms with Crippen molar-refractivity contribution in [2.75, 3.05) is 10.6 Å². The molecule has 1 aliphatic rings. The Kier molecular flexibility index (Phi) is 5.02. The fourth-order valence-electron chi connectivity index (χ4n) is 2.57. The van der Waals surface area contributed by atoms with Crippen LogP contribution in [-0.2, 0) is 16.0 Å². The maximum atomic E-state index is 12.3. The maximum Gasteiger partial charge on any atom is 0.335 e. The zero-order valence-corrected chi connectivity index (χ0v) is 14.4. The molecule has 2 aromatic carbocycles. The molecule has 0 aromatic heterocycles. The lowest BCUT2D eigenvalue weighted by molar-refractivity contribution is -0.117. The highest BCUT2D eigenvalue weighted by Gasteiger charge is 2.29. The molecule has 0 bridgehead atoms. The molecule has 0 heterocycles. The fourth-order valence-corrected chi connectivity index (χ4v) is 2.57. The number of carbonyl (C=O) groups is 3. The molecular formula is C20H20N2O4. The summed E-state index contributed by atoms with van der Waals surface area (Å²) in [5.74, 6) is -1.07. The smallest absolute Gasteiger partial charge is 0.335 e. The van der Waals surface area contributed by atoms with Gasteiger partial charge in [0.15, 0.2) is 0 Å². The first kappa shape index (κ1) is 17.7. The molecule has 6 heteroatoms. The lowest BCUT2D eigenvalue weighted by Gasteiger charge is -2.12. The van der Waals surface area contributed by atoms with Crippen LogP contribution in [-0.4, -0.2) is 22.9 Å². The van der Waals surface area contributed by atoms with Crippen molar-refractivity contribution in [2.45, 2.75) is 26.2 Å². The summed E-state index contributed by atoms with van der Waals surface area (Å²) in [6, 6.07) is 11.6. The highest BCUT2D eigenvalue weighted by molar-refractivity contribution is 5.97. The van der Waals surface area contributed by atoms with Gasteiger partial charge in [0.05, 0.1) is 12.0 Å². The molecule has 0 atom stereocenters. The number of nitrogens with one attached hydrogen (secondary N) is 2. The Bertz CT molecular complexity index is 855. The van der Waals surface area contributed by atoms with Gasteiger partial charge >= 0.3 is 5.97 Å². The first-order valence-corrected chi connectivity index (χ1v) is 8.46. The number of anilines is 2. The van der Waals surface area contributed by atoms with Gasteiger partial charge in [-0.15, -0.1) is 0 Å². The largest absolute Gasteiger partial charge is 0.478 e. The summed E-state index contributed by atoms with van der Waals surface area (Å²) < 4.78 is 0. The van der Waals surface area contributed by atoms with Gasteiger partial charge in [-0.3, -0.25) is 9.59 Å². The second kappa shape index (κ2) is 7.39. The summed E-state index contributed by atoms with van der Waals surface area (Å²) in [4.78, 5) is 35.0. The van der Waals surface area contributed by atoms with E-state index in [9.17, 15) is 14.4 Å². The normalized spacial score (nSPS) is 13.1. The number of amides is 2. The Morgan fingerprint density at radius 2 is 1.73 bits per heavy atom. The van der Waals surface area contributed by atoms with Crippen molar-refractivity contribution in [1.29, 1.82) is 0 Å². The number of rotatable bonds is 6. The average Bonchev–Trinajstić information content (AvgIpc) is 3.43. The molecule has 6 nitrogen and oxygen atoms in total. The van der Waals surface area contributed by atoms with E-state index in [1.807, 2.05) is 19.1 Å². The van der Waals surface area contributed by atoms with Crippen LogP contribution in [0.25, 0.3) is 0 Å². The molecule has 0 saturated heterocycles. The monoisotopic (exact) mass is 352 g/mol. The van der Waals surface area contributed by atoms with Crippen LogP contribution in [0.2, 0.25) is 0 Å². The Labute approximate surface area is 151 Å². The molecule has 1 saturated carbocycles. The number of aryl methyl sites for hydroxylation is 1. The van der Waals surface area contributed by atoms with Crippen molar-refractivity contribution in [3.63, 3.8) is 0 Å². The van der Waals surface area contributed by atoms with Crippen LogP contribution in [0.4, 0.5) is 11.4 Å². The van der Waals surface area contributed by atoms with E-state index in [2.05, 4.69) is 10.6 Å². The van der Waals surface area contributed by atoms with Gasteiger partial charge in [-0.2, -0.15) is 0 Å². The molecule has 2 aromatic rings. The number of carboxylic acids is 1. The zero-order valence-electron chi connectivity index (χ0n) is 14.4. The summed E-state index contributed by atoms with van der Waals surface area (Å²) in [7, 11) is 0. The second-order valence-electron chi connectivity index (χ2n) is 6.52. The fraction of sp³-hybridized carbons (Fsp3) is 0.250. The van der Waals surface area contributed by atoms with E-state index >= 15 is 0 Å². The minimum atomic E-state index is -0.998. The summed E-state index contributed by atoms with van der Waals surface area (Å²) in [6.07, 6.45) is 2.00. The van der Waals surface area contributed by atoms with Crippen LogP contribution in [0.3, 0.4) is 0 Å². The van der Waals surface area contributed by atoms with E-state index in [4.69, 9.17) is 5.11 Å². The maximum absolute atomic E-state index is 12.3. The van der Waals surface area contributed by atoms with Crippen molar-refractivity contribution in [1.82, 2.24) is 0 Å². The van der Waals surface area contributed by atoms with Crippen molar-refractivity contribution >= 4 is 29.2 Å². The summed E-state index contributed by atoms with van der Waals surface area (Å²) >= 11 is 0. The van der Waals surface area contributed by atoms with Gasteiger partial charge in [0.1, 0.15) is 0 Å². The van der Waals surface area contributed by atoms with Crippen LogP contribution in [0.15, 0.2) is 42.5 Å². The second-order valence-corrected chi connectivity index (χ2v) is 6.52. The highest BCUT2D eigenvalue weighted by Crippen LogP contribution is 2.30. The van der Waals surface area contributed by atoms with Gasteiger partial charge in [-0.05, 0) is 55.2 Å². The van der Waals surface area contributed by atoms with Crippen LogP contribution < -0.4 is 10.6 Å². The molecule has 0 radical (unpaired) electrons. The molecule has 1 aliphatic carbocycles. The third-order valence-corrected chi connectivity index (χ3v) is 4.29. The van der Waals surface area contributed by atoms with E-state index in [0.717, 1.165) is 24.0 Å². The molecule has 0 unspecified atom stereocenters. The van der Waals surface area contributed by atoms with Crippen molar-refractivity contribution in [3.8, 4) is 0 Å². The Hall–Kier alpha value is -3.15. The predicted octanol–water partition coefficient (Wildman–Crippen LogP) is 3.22. The number of carbonyl (C=O) groups excluding carboxylic acids is 2. The quantitative estimate of drug-likeness (QED) is 0.744. The highest BCUT2D eigenvalue weighted by atomic mass is 16.4. The Balaban J connectivity index is 1.64. The van der Waals surface area contributed by atoms with Crippen molar-refractivity contribution < 1.29 is 19.5 Å². The first-order valence-electron chi connectivity index (χ1n) is 8.46. The number of carboxylic acid groups (broad SMARTS) is 1. The van der Waals surface area contributed by atoms with Gasteiger partial charge in [-0.25, -0.2) is 4.79 Å². The lowest BCUT2D eigenvalue weighted by Crippen LogP contribution is -2.16. The number of benzene rings is 2. The zero-order chi connectivity index (χ0) is 18.7. The van der Waals surface area contributed by atoms with E-state index < -0.39 is 5.97 Å². The Morgan fingerprint density at radius 1 is 1.04 bits per heavy atom. The lowest BCUT2D eigenvalue weighted by atomic mass is 10.1. The molecule has 2 amide bonds. The van der Waals surface area contributed by atoms with Gasteiger partial charge in [0, 0.05) is 17.3 Å². The van der Waals surface area contributed by atoms with Crippen LogP contribution in [0.5, 0.6) is 0 Å². The summed E-state index contributed by atoms with van der Waals surface area (Å²) in [5, 5.41) is 14.6. The van der Waals surface area contributed by atoms with Gasteiger partial charge in [-0.1, -0.05) is 18.2 Å². The van der Waals surface area contributed by atoms with Crippen LogP contribution in [0, 0.1) is 12.8 Å². The average molecular weight is 352 g/mol. The first-order chi connectivity index (χ1) is 12.4. The van der Waals surface area contributed by atoms with Gasteiger partial charge in [0.25, 0.3) is 0 Å². The standard InChI is InChI=1S/C20H20N2O4/c1-12-2-9-16(21-19(24)14-7-8-14)11-17(12)22-18(23)10-13-3-5-15(6-4-13)20(25)26/h2-6,9,11,14H,7-8,10H2,1H3,(H,21,24)(H,22,23)(H,25,26). The van der Waals surface area contributed by atoms with Gasteiger partial charge in [0.2, 0.25) is 11.8 Å². The predicted molar refractivity (Wildman–Crippen MR) is 98.3 cm³/mol. The third kappa shape index (κ3) is 4.47. The van der Waals surface area contributed by atoms with Crippen molar-refractivity contribution in [3.05, 3.63) is 59.2 Å². The minimum Gasteiger partial charge on any atom is -0.478 e. The van der Waals surface area contributed by atoms with Crippen LogP contribution in [0.1, 0.15) is 34.3 Å².